The van der Waals surface area contributed by atoms with E-state index in [0.29, 0.717) is 11.8 Å². The Hall–Kier alpha value is -1.51. The second-order valence-electron chi connectivity index (χ2n) is 3.94. The highest BCUT2D eigenvalue weighted by Crippen LogP contribution is 2.51. The number of hydrogen-bond acceptors (Lipinski definition) is 2. The van der Waals surface area contributed by atoms with E-state index in [-0.39, 0.29) is 6.42 Å². The Kier molecular flexibility index (Phi) is 2.62. The van der Waals surface area contributed by atoms with Gasteiger partial charge in [0.05, 0.1) is 7.11 Å². The summed E-state index contributed by atoms with van der Waals surface area (Å²) in [7, 11) is 1.65. The van der Waals surface area contributed by atoms with Crippen LogP contribution in [-0.2, 0) is 4.79 Å². The topological polar surface area (TPSA) is 46.5 Å². The fourth-order valence-electron chi connectivity index (χ4n) is 2.05. The van der Waals surface area contributed by atoms with Crippen molar-refractivity contribution in [2.45, 2.75) is 18.8 Å². The van der Waals surface area contributed by atoms with Gasteiger partial charge in [-0.3, -0.25) is 4.79 Å². The SMILES string of the molecule is COc1ccccc1C1CC1CC(=O)O. The molecule has 1 fully saturated rings. The van der Waals surface area contributed by atoms with Crippen molar-refractivity contribution in [3.05, 3.63) is 29.8 Å². The molecular formula is C12H14O3. The number of para-hydroxylation sites is 1. The molecule has 0 amide bonds. The fraction of sp³-hybridized carbons (Fsp3) is 0.417. The van der Waals surface area contributed by atoms with Crippen LogP contribution in [0.2, 0.25) is 0 Å². The van der Waals surface area contributed by atoms with Gasteiger partial charge in [-0.2, -0.15) is 0 Å². The minimum absolute atomic E-state index is 0.267. The summed E-state index contributed by atoms with van der Waals surface area (Å²) < 4.78 is 5.25. The Morgan fingerprint density at radius 2 is 2.27 bits per heavy atom. The molecule has 0 bridgehead atoms. The van der Waals surface area contributed by atoms with E-state index in [1.165, 1.54) is 0 Å². The van der Waals surface area contributed by atoms with Crippen LogP contribution in [0.25, 0.3) is 0 Å². The molecule has 1 saturated carbocycles. The molecule has 1 N–H and O–H groups in total. The molecule has 1 aliphatic rings. The normalized spacial score (nSPS) is 23.5. The predicted octanol–water partition coefficient (Wildman–Crippen LogP) is 2.27. The van der Waals surface area contributed by atoms with Crippen LogP contribution in [0.4, 0.5) is 0 Å². The summed E-state index contributed by atoms with van der Waals surface area (Å²) in [5, 5.41) is 8.68. The highest BCUT2D eigenvalue weighted by molar-refractivity contribution is 5.68. The zero-order valence-electron chi connectivity index (χ0n) is 8.64. The lowest BCUT2D eigenvalue weighted by Crippen LogP contribution is -1.97. The summed E-state index contributed by atoms with van der Waals surface area (Å²) >= 11 is 0. The molecule has 0 aromatic heterocycles. The van der Waals surface area contributed by atoms with Crippen molar-refractivity contribution >= 4 is 5.97 Å². The van der Waals surface area contributed by atoms with E-state index < -0.39 is 5.97 Å². The maximum atomic E-state index is 10.5. The largest absolute Gasteiger partial charge is 0.496 e. The second kappa shape index (κ2) is 3.93. The van der Waals surface area contributed by atoms with Crippen molar-refractivity contribution in [3.63, 3.8) is 0 Å². The maximum absolute atomic E-state index is 10.5. The average molecular weight is 206 g/mol. The molecule has 0 heterocycles. The Morgan fingerprint density at radius 3 is 2.93 bits per heavy atom. The van der Waals surface area contributed by atoms with E-state index in [4.69, 9.17) is 9.84 Å². The van der Waals surface area contributed by atoms with Gasteiger partial charge in [-0.1, -0.05) is 18.2 Å². The molecule has 3 nitrogen and oxygen atoms in total. The monoisotopic (exact) mass is 206 g/mol. The Balaban J connectivity index is 2.09. The van der Waals surface area contributed by atoms with Crippen molar-refractivity contribution in [3.8, 4) is 5.75 Å². The van der Waals surface area contributed by atoms with Crippen molar-refractivity contribution in [2.24, 2.45) is 5.92 Å². The highest BCUT2D eigenvalue weighted by Gasteiger charge is 2.40. The van der Waals surface area contributed by atoms with E-state index in [9.17, 15) is 4.79 Å². The van der Waals surface area contributed by atoms with Gasteiger partial charge in [-0.15, -0.1) is 0 Å². The first-order chi connectivity index (χ1) is 7.22. The Morgan fingerprint density at radius 1 is 1.53 bits per heavy atom. The van der Waals surface area contributed by atoms with Gasteiger partial charge in [0.2, 0.25) is 0 Å². The zero-order valence-corrected chi connectivity index (χ0v) is 8.64. The van der Waals surface area contributed by atoms with Gasteiger partial charge in [0.25, 0.3) is 0 Å². The van der Waals surface area contributed by atoms with Crippen LogP contribution in [0, 0.1) is 5.92 Å². The molecule has 1 aliphatic carbocycles. The molecule has 0 aliphatic heterocycles. The van der Waals surface area contributed by atoms with Crippen LogP contribution >= 0.6 is 0 Å². The summed E-state index contributed by atoms with van der Waals surface area (Å²) in [5.74, 6) is 0.823. The zero-order chi connectivity index (χ0) is 10.8. The molecule has 80 valence electrons. The number of carboxylic acid groups (broad SMARTS) is 1. The molecule has 1 aromatic rings. The molecule has 2 unspecified atom stereocenters. The average Bonchev–Trinajstić information content (AvgIpc) is 2.96. The van der Waals surface area contributed by atoms with Crippen molar-refractivity contribution in [1.29, 1.82) is 0 Å². The lowest BCUT2D eigenvalue weighted by Gasteiger charge is -2.06. The third kappa shape index (κ3) is 2.12. The molecule has 0 radical (unpaired) electrons. The first-order valence-electron chi connectivity index (χ1n) is 5.07. The highest BCUT2D eigenvalue weighted by atomic mass is 16.5. The first kappa shape index (κ1) is 10.0. The van der Waals surface area contributed by atoms with Crippen LogP contribution < -0.4 is 4.74 Å². The minimum Gasteiger partial charge on any atom is -0.496 e. The molecule has 0 saturated heterocycles. The van der Waals surface area contributed by atoms with Crippen LogP contribution in [-0.4, -0.2) is 18.2 Å². The third-order valence-corrected chi connectivity index (χ3v) is 2.90. The van der Waals surface area contributed by atoms with Gasteiger partial charge in [0.1, 0.15) is 5.75 Å². The van der Waals surface area contributed by atoms with Crippen LogP contribution in [0.3, 0.4) is 0 Å². The lowest BCUT2D eigenvalue weighted by molar-refractivity contribution is -0.137. The first-order valence-corrected chi connectivity index (χ1v) is 5.07. The third-order valence-electron chi connectivity index (χ3n) is 2.90. The molecule has 3 heteroatoms. The van der Waals surface area contributed by atoms with Gasteiger partial charge in [-0.05, 0) is 29.9 Å². The summed E-state index contributed by atoms with van der Waals surface area (Å²) in [5.41, 5.74) is 1.14. The van der Waals surface area contributed by atoms with Crippen LogP contribution in [0.5, 0.6) is 5.75 Å². The number of rotatable bonds is 4. The number of benzene rings is 1. The number of carbonyl (C=O) groups is 1. The van der Waals surface area contributed by atoms with Crippen molar-refractivity contribution in [2.75, 3.05) is 7.11 Å². The Bertz CT molecular complexity index is 373. The summed E-state index contributed by atoms with van der Waals surface area (Å²) in [6, 6.07) is 7.84. The van der Waals surface area contributed by atoms with E-state index in [1.54, 1.807) is 7.11 Å². The summed E-state index contributed by atoms with van der Waals surface area (Å²) in [6.07, 6.45) is 1.23. The lowest BCUT2D eigenvalue weighted by atomic mass is 10.1. The molecule has 1 aromatic carbocycles. The molecule has 2 atom stereocenters. The summed E-state index contributed by atoms with van der Waals surface area (Å²) in [4.78, 5) is 10.5. The van der Waals surface area contributed by atoms with Gasteiger partial charge in [0.15, 0.2) is 0 Å². The van der Waals surface area contributed by atoms with Crippen molar-refractivity contribution < 1.29 is 14.6 Å². The van der Waals surface area contributed by atoms with Crippen LogP contribution in [0.1, 0.15) is 24.3 Å². The van der Waals surface area contributed by atoms with E-state index in [1.807, 2.05) is 24.3 Å². The number of aliphatic carboxylic acids is 1. The van der Waals surface area contributed by atoms with Gasteiger partial charge in [0, 0.05) is 6.42 Å². The minimum atomic E-state index is -0.711. The Labute approximate surface area is 88.7 Å². The smallest absolute Gasteiger partial charge is 0.303 e. The van der Waals surface area contributed by atoms with E-state index in [2.05, 4.69) is 0 Å². The standard InChI is InChI=1S/C12H14O3/c1-15-11-5-3-2-4-9(11)10-6-8(10)7-12(13)14/h2-5,8,10H,6-7H2,1H3,(H,13,14). The molecule has 15 heavy (non-hydrogen) atoms. The molecule has 0 spiro atoms. The molecule has 2 rings (SSSR count). The van der Waals surface area contributed by atoms with Crippen molar-refractivity contribution in [1.82, 2.24) is 0 Å². The van der Waals surface area contributed by atoms with Gasteiger partial charge in [-0.25, -0.2) is 0 Å². The number of ether oxygens (including phenoxy) is 1. The van der Waals surface area contributed by atoms with Gasteiger partial charge < -0.3 is 9.84 Å². The number of carboxylic acids is 1. The van der Waals surface area contributed by atoms with Crippen LogP contribution in [0.15, 0.2) is 24.3 Å². The molecular weight excluding hydrogens is 192 g/mol. The number of methoxy groups -OCH3 is 1. The van der Waals surface area contributed by atoms with Gasteiger partial charge >= 0.3 is 5.97 Å². The second-order valence-corrected chi connectivity index (χ2v) is 3.94. The predicted molar refractivity (Wildman–Crippen MR) is 56.1 cm³/mol. The fourth-order valence-corrected chi connectivity index (χ4v) is 2.05. The maximum Gasteiger partial charge on any atom is 0.303 e. The number of hydrogen-bond donors (Lipinski definition) is 1. The van der Waals surface area contributed by atoms with E-state index >= 15 is 0 Å². The van der Waals surface area contributed by atoms with E-state index in [0.717, 1.165) is 17.7 Å². The quantitative estimate of drug-likeness (QED) is 0.822. The summed E-state index contributed by atoms with van der Waals surface area (Å²) in [6.45, 7) is 0.